The third kappa shape index (κ3) is 13.4. The van der Waals surface area contributed by atoms with Crippen molar-refractivity contribution in [1.29, 1.82) is 0 Å². The number of amides is 1. The molecule has 20 heteroatoms. The molecular formula is C34H40Br4N10O5U. The van der Waals surface area contributed by atoms with E-state index in [1.54, 1.807) is 43.0 Å². The molecule has 0 aromatic carbocycles. The summed E-state index contributed by atoms with van der Waals surface area (Å²) in [5.74, 6) is 1.58. The van der Waals surface area contributed by atoms with Crippen LogP contribution in [0.3, 0.4) is 0 Å². The first-order valence-corrected chi connectivity index (χ1v) is 18.3. The van der Waals surface area contributed by atoms with Gasteiger partial charge >= 0.3 is 5.97 Å². The fraction of sp³-hybridized carbons (Fsp3) is 0.294. The van der Waals surface area contributed by atoms with Gasteiger partial charge in [0, 0.05) is 95.0 Å². The van der Waals surface area contributed by atoms with Gasteiger partial charge < -0.3 is 27.3 Å². The van der Waals surface area contributed by atoms with Crippen LogP contribution < -0.4 is 33.2 Å². The Bertz CT molecular complexity index is 1940. The van der Waals surface area contributed by atoms with Gasteiger partial charge in [0.2, 0.25) is 5.91 Å². The first-order chi connectivity index (χ1) is 24.8. The number of nitrogen functional groups attached to an aromatic ring is 3. The van der Waals surface area contributed by atoms with Gasteiger partial charge in [-0.2, -0.15) is 0 Å². The van der Waals surface area contributed by atoms with E-state index in [-0.39, 0.29) is 78.6 Å². The maximum absolute atomic E-state index is 11.8. The molecule has 0 saturated heterocycles. The maximum atomic E-state index is 11.8. The molecule has 15 nitrogen and oxygen atoms in total. The molecule has 7 rings (SSSR count). The predicted octanol–water partition coefficient (Wildman–Crippen LogP) is 5.57. The number of nitrogens with one attached hydrogen (secondary N) is 3. The van der Waals surface area contributed by atoms with Crippen molar-refractivity contribution >= 4 is 112 Å². The second-order valence-corrected chi connectivity index (χ2v) is 14.5. The fourth-order valence-corrected chi connectivity index (χ4v) is 5.77. The number of carbonyl (C=O) groups excluding carboxylic acids is 4. The van der Waals surface area contributed by atoms with Gasteiger partial charge in [0.25, 0.3) is 0 Å². The number of rotatable bonds is 7. The van der Waals surface area contributed by atoms with E-state index < -0.39 is 5.54 Å². The van der Waals surface area contributed by atoms with Crippen LogP contribution in [0.25, 0.3) is 0 Å². The molecule has 0 unspecified atom stereocenters. The van der Waals surface area contributed by atoms with Crippen LogP contribution in [0.4, 0.5) is 23.3 Å². The minimum Gasteiger partial charge on any atom is -0.465 e. The Kier molecular flexibility index (Phi) is 19.3. The van der Waals surface area contributed by atoms with E-state index in [2.05, 4.69) is 83.7 Å². The van der Waals surface area contributed by atoms with Gasteiger partial charge in [0.15, 0.2) is 12.6 Å². The standard InChI is InChI=1S/C12H16BrN3O2.C10H10BrN3O.C6H5BrN2O.C6H6N2O.BrH.U.H2/c1-2-18-11(17)12(3-4-12)16-6-8-5-9(13)7-15-10(8)14;11-7-3-6-4-13-10(1-2-10)9(15)14-8(6)12-5-7;7-5-1-4(3-10)6(8)9-2-5;7-6-5(4-9)2-1-3-8-6;;;/h5,7,16H,2-4,6H2,1H3,(H2,14,15);3,5,13H,1-2,4H2,(H,12,14,15);1-3H,(H2,8,9);1-4H,(H2,7,8);1H;;1H/i;;;;;;1+2. The zero-order valence-electron chi connectivity index (χ0n) is 28.9. The van der Waals surface area contributed by atoms with Gasteiger partial charge in [0.1, 0.15) is 28.8 Å². The Labute approximate surface area is 372 Å². The largest absolute Gasteiger partial charge is 0.465 e. The Morgan fingerprint density at radius 3 is 2.06 bits per heavy atom. The number of aldehydes is 2. The van der Waals surface area contributed by atoms with Crippen LogP contribution in [0, 0.1) is 31.1 Å². The summed E-state index contributed by atoms with van der Waals surface area (Å²) in [7, 11) is 0. The molecule has 2 aliphatic carbocycles. The van der Waals surface area contributed by atoms with Crippen LogP contribution in [0.1, 0.15) is 65.9 Å². The number of hydrogen-bond acceptors (Lipinski definition) is 14. The average molecular weight is 1230 g/mol. The second kappa shape index (κ2) is 22.1. The Balaban J connectivity index is 0.000000373. The van der Waals surface area contributed by atoms with Crippen LogP contribution in [0.5, 0.6) is 0 Å². The summed E-state index contributed by atoms with van der Waals surface area (Å²) >= 11 is 9.88. The molecule has 5 heterocycles. The second-order valence-electron chi connectivity index (χ2n) is 11.7. The number of aromatic nitrogens is 4. The van der Waals surface area contributed by atoms with E-state index in [4.69, 9.17) is 21.9 Å². The van der Waals surface area contributed by atoms with E-state index in [0.717, 1.165) is 50.2 Å². The van der Waals surface area contributed by atoms with Crippen molar-refractivity contribution in [3.8, 4) is 0 Å². The molecule has 2 saturated carbocycles. The smallest absolute Gasteiger partial charge is 0.326 e. The Morgan fingerprint density at radius 1 is 0.907 bits per heavy atom. The van der Waals surface area contributed by atoms with E-state index in [1.165, 1.54) is 0 Å². The summed E-state index contributed by atoms with van der Waals surface area (Å²) in [6.07, 6.45) is 11.3. The normalized spacial score (nSPS) is 14.7. The number of nitrogens with two attached hydrogens (primary N) is 3. The first kappa shape index (κ1) is 47.3. The van der Waals surface area contributed by atoms with E-state index in [0.29, 0.717) is 55.0 Å². The molecule has 4 aromatic rings. The molecule has 1 amide bonds. The average Bonchev–Trinajstić information content (AvgIpc) is 4.07. The number of ether oxygens (including phenoxy) is 1. The summed E-state index contributed by atoms with van der Waals surface area (Å²) in [5.41, 5.74) is 18.3. The number of pyridine rings is 4. The van der Waals surface area contributed by atoms with Gasteiger partial charge in [-0.05, 0) is 111 Å². The van der Waals surface area contributed by atoms with Crippen LogP contribution >= 0.6 is 64.8 Å². The number of hydrogen-bond donors (Lipinski definition) is 6. The zero-order valence-corrected chi connectivity index (χ0v) is 39.5. The number of anilines is 4. The molecule has 1 aliphatic heterocycles. The van der Waals surface area contributed by atoms with Crippen LogP contribution in [0.15, 0.2) is 68.5 Å². The monoisotopic (exact) mass is 1220 g/mol. The molecule has 288 valence electrons. The molecule has 0 atom stereocenters. The van der Waals surface area contributed by atoms with Gasteiger partial charge in [0.05, 0.1) is 23.3 Å². The minimum atomic E-state index is -0.509. The van der Waals surface area contributed by atoms with Crippen LogP contribution in [-0.2, 0) is 27.4 Å². The summed E-state index contributed by atoms with van der Waals surface area (Å²) in [4.78, 5) is 59.6. The van der Waals surface area contributed by atoms with Crippen molar-refractivity contribution in [1.82, 2.24) is 30.6 Å². The molecule has 54 heavy (non-hydrogen) atoms. The van der Waals surface area contributed by atoms with Crippen molar-refractivity contribution in [3.05, 3.63) is 90.8 Å². The summed E-state index contributed by atoms with van der Waals surface area (Å²) in [5, 5.41) is 9.38. The third-order valence-corrected chi connectivity index (χ3v) is 9.31. The minimum absolute atomic E-state index is 0. The topological polar surface area (TPSA) is 243 Å². The molecule has 0 bridgehead atoms. The summed E-state index contributed by atoms with van der Waals surface area (Å²) < 4.78 is 7.61. The summed E-state index contributed by atoms with van der Waals surface area (Å²) in [6, 6.07) is 8.79. The molecule has 1 spiro atoms. The van der Waals surface area contributed by atoms with Crippen molar-refractivity contribution in [2.45, 2.75) is 56.8 Å². The molecule has 3 aliphatic rings. The number of fused-ring (bicyclic) bond motifs is 1. The molecule has 0 radical (unpaired) electrons. The van der Waals surface area contributed by atoms with Crippen molar-refractivity contribution in [3.63, 3.8) is 0 Å². The first-order valence-electron chi connectivity index (χ1n) is 15.9. The third-order valence-electron chi connectivity index (χ3n) is 8.01. The Hall–Kier alpha value is -2.83. The predicted molar refractivity (Wildman–Crippen MR) is 219 cm³/mol. The fourth-order valence-electron chi connectivity index (χ4n) is 4.66. The summed E-state index contributed by atoms with van der Waals surface area (Å²) in [6.45, 7) is 3.42. The molecule has 2 fully saturated rings. The van der Waals surface area contributed by atoms with Gasteiger partial charge in [-0.1, -0.05) is 0 Å². The van der Waals surface area contributed by atoms with Crippen molar-refractivity contribution in [2.24, 2.45) is 0 Å². The van der Waals surface area contributed by atoms with Gasteiger partial charge in [-0.3, -0.25) is 29.8 Å². The zero-order chi connectivity index (χ0) is 37.9. The maximum Gasteiger partial charge on any atom is 0.326 e. The van der Waals surface area contributed by atoms with Gasteiger partial charge in [-0.25, -0.2) is 19.9 Å². The number of carbonyl (C=O) groups is 4. The number of halogens is 4. The SMILES string of the molecule is Br.CCOC(=O)C1(NCc2cc(Br)cnc2N)CC1.Nc1ncc(Br)cc1C=O.Nc1ncccc1C=O.O=C1Nc2ncc(Br)cc2CNC12CC2.[3HH].[U]. The molecule has 4 aromatic heterocycles. The Morgan fingerprint density at radius 2 is 1.50 bits per heavy atom. The molecule has 9 N–H and O–H groups in total. The van der Waals surface area contributed by atoms with Crippen molar-refractivity contribution in [2.75, 3.05) is 29.1 Å². The van der Waals surface area contributed by atoms with E-state index in [9.17, 15) is 19.2 Å². The van der Waals surface area contributed by atoms with E-state index in [1.807, 2.05) is 19.1 Å². The van der Waals surface area contributed by atoms with Gasteiger partial charge in [-0.15, -0.1) is 17.0 Å². The van der Waals surface area contributed by atoms with E-state index >= 15 is 0 Å². The van der Waals surface area contributed by atoms with Crippen LogP contribution in [0.2, 0.25) is 0 Å². The number of nitrogens with zero attached hydrogens (tertiary/aromatic N) is 4. The van der Waals surface area contributed by atoms with Crippen molar-refractivity contribution < 1.29 is 56.5 Å². The number of esters is 1. The quantitative estimate of drug-likeness (QED) is 0.0980. The molecular weight excluding hydrogens is 1190 g/mol. The van der Waals surface area contributed by atoms with Crippen LogP contribution in [-0.4, -0.2) is 62.1 Å².